The molecule has 0 aliphatic carbocycles. The Kier molecular flexibility index (Phi) is 21700. The van der Waals surface area contributed by atoms with E-state index in [1.165, 1.54) is 0 Å². The van der Waals surface area contributed by atoms with Crippen molar-refractivity contribution >= 4 is 0 Å². The summed E-state index contributed by atoms with van der Waals surface area (Å²) < 4.78 is 0. The second-order valence-corrected chi connectivity index (χ2v) is 0. The van der Waals surface area contributed by atoms with E-state index in [-0.39, 0.29) is 269 Å². The molecule has 0 bridgehead atoms. The summed E-state index contributed by atoms with van der Waals surface area (Å²) in [5, 5.41) is 288. The molecule has 556 valence electrons. The van der Waals surface area contributed by atoms with Crippen LogP contribution >= 0.6 is 0 Å². The quantitative estimate of drug-likeness (QED) is 0.239. The van der Waals surface area contributed by atoms with Gasteiger partial charge in [0, 0.05) is 0 Å². The average Bonchev–Trinajstić information content (AvgIpc) is 3.81. The van der Waals surface area contributed by atoms with Gasteiger partial charge in [0.1, 0.15) is 0 Å². The second kappa shape index (κ2) is 3180. The molecule has 104 heavy (non-hydrogen) atoms. The smallest absolute Gasteiger partial charge is 0.512 e. The van der Waals surface area contributed by atoms with E-state index >= 15 is 0 Å². The maximum Gasteiger partial charge on any atom is 3.00 e. The molecule has 0 unspecified atom stereocenters. The molecule has 0 radical (unpaired) electrons. The maximum absolute atomic E-state index is 6.25. The first-order valence-electron chi connectivity index (χ1n) is 10.3. The van der Waals surface area contributed by atoms with Crippen molar-refractivity contribution in [1.82, 2.24) is 0 Å². The monoisotopic (exact) mass is 3560 g/mol. The molecule has 0 spiro atoms. The zero-order chi connectivity index (χ0) is 92.0. The van der Waals surface area contributed by atoms with Crippen molar-refractivity contribution in [3.63, 3.8) is 0 Å². The summed E-state index contributed by atoms with van der Waals surface area (Å²) in [6, 6.07) is 0. The molecule has 0 aromatic carbocycles. The summed E-state index contributed by atoms with van der Waals surface area (Å²) in [5.41, 5.74) is 0. The first-order chi connectivity index (χ1) is 46.0. The van der Waals surface area contributed by atoms with Crippen molar-refractivity contribution in [2.45, 2.75) is 0 Å². The number of rotatable bonds is 0. The molecular weight excluding hydrogens is 3560 g/mol. The fourth-order valence-corrected chi connectivity index (χ4v) is 0. The molecule has 0 amide bonds. The molecule has 0 atom stereocenters. The second-order valence-electron chi connectivity index (χ2n) is 0. The minimum Gasteiger partial charge on any atom is -0.512 e. The average molecular weight is 3560 g/mol. The Labute approximate surface area is 802 Å². The van der Waals surface area contributed by atoms with Gasteiger partial charge in [0.05, 0.1) is 0 Å². The van der Waals surface area contributed by atoms with Crippen LogP contribution in [0.15, 0.2) is 0 Å². The van der Waals surface area contributed by atoms with Crippen LogP contribution in [0, 0.1) is 544 Å². The Balaban J connectivity index is -0.00000000370. The van der Waals surface area contributed by atoms with E-state index in [1.807, 2.05) is 0 Å². The van der Waals surface area contributed by atoms with E-state index in [1.54, 1.807) is 0 Å². The van der Waals surface area contributed by atoms with E-state index in [0.717, 1.165) is 0 Å². The summed E-state index contributed by atoms with van der Waals surface area (Å²) in [6.07, 6.45) is 0. The Morgan fingerprint density at radius 3 is 0.0385 bits per heavy atom. The number of hydrogen-bond donors (Lipinski definition) is 0. The first kappa shape index (κ1) is 708. The predicted octanol–water partition coefficient (Wildman–Crippen LogP) is 4.40. The normalized spacial score (nSPS) is 0.885. The van der Waals surface area contributed by atoms with Gasteiger partial charge >= 0.3 is 269 Å². The topological polar surface area (TPSA) is 1090 Å². The Hall–Kier alpha value is -14.6. The number of nitrogens with zero attached hydrogens (tertiary/aromatic N) is 46. The van der Waals surface area contributed by atoms with Gasteiger partial charge in [-0.3, -0.25) is 0 Å². The van der Waals surface area contributed by atoms with Crippen LogP contribution in [0.5, 0.6) is 0 Å². The van der Waals surface area contributed by atoms with Crippen LogP contribution in [0.25, 0.3) is 0 Å². The minimum atomic E-state index is 0. The Morgan fingerprint density at radius 1 is 0.0385 bits per heavy atom. The molecule has 0 aromatic rings. The van der Waals surface area contributed by atoms with Gasteiger partial charge in [-0.05, 0) is 0 Å². The molecule has 0 heterocycles. The van der Waals surface area contributed by atoms with Gasteiger partial charge < -0.3 is 544 Å². The third kappa shape index (κ3) is 3070. The molecule has 0 aliphatic heterocycles. The van der Waals surface area contributed by atoms with Crippen LogP contribution in [0.2, 0.25) is 0 Å². The fourth-order valence-electron chi connectivity index (χ4n) is 0. The first-order valence-corrected chi connectivity index (χ1v) is 10.3. The number of hydrogen-bond acceptors (Lipinski definition) is 46. The van der Waals surface area contributed by atoms with Gasteiger partial charge in [0.2, 0.25) is 0 Å². The zero-order valence-electron chi connectivity index (χ0n) is 47.2. The largest absolute Gasteiger partial charge is 3.00 e. The van der Waals surface area contributed by atoms with Gasteiger partial charge in [-0.15, -0.1) is 0 Å². The molecule has 0 saturated carbocycles. The molecule has 46 nitrogen and oxygen atoms in total. The summed E-state index contributed by atoms with van der Waals surface area (Å²) in [5.74, 6) is 0. The summed E-state index contributed by atoms with van der Waals surface area (Å²) in [7, 11) is 0. The zero-order valence-corrected chi connectivity index (χ0v) is 73.2. The van der Waals surface area contributed by atoms with E-state index in [4.69, 9.17) is 544 Å². The summed E-state index contributed by atoms with van der Waals surface area (Å²) in [6.45, 7) is 218. The molecule has 0 saturated heterocycles. The van der Waals surface area contributed by atoms with Crippen molar-refractivity contribution in [3.05, 3.63) is 302 Å². The third-order valence-corrected chi connectivity index (χ3v) is 0. The fraction of sp³-hybridized carbons (Fsp3) is 0. The molecule has 0 aromatic heterocycles. The van der Waals surface area contributed by atoms with Gasteiger partial charge in [-0.2, -0.15) is 0 Å². The van der Waals surface area contributed by atoms with Gasteiger partial charge in [0.15, 0.2) is 0 Å². The molecular formula is C46Au12N46-10. The van der Waals surface area contributed by atoms with E-state index in [0.29, 0.717) is 0 Å². The maximum atomic E-state index is 6.25. The predicted molar refractivity (Wildman–Crippen MR) is 229 cm³/mol. The minimum absolute atomic E-state index is 0. The van der Waals surface area contributed by atoms with Crippen molar-refractivity contribution in [2.75, 3.05) is 0 Å². The standard InChI is InChI=1S/46CN.12Au/c46*1-2;;;;;;;;;;;;/q46*-1;12*+3. The SMILES string of the molecule is [Au+3].[Au+3].[Au+3].[Au+3].[Au+3].[Au+3].[Au+3].[Au+3].[Au+3].[Au+3].[Au+3].[Au+3].[C-]#N.[C-]#N.[C-]#N.[C-]#N.[C-]#N.[C-]#N.[C-]#N.[C-]#N.[C-]#N.[C-]#N.[C-]#N.[C-]#N.[C-]#N.[C-]#N.[C-]#N.[C-]#N.[C-]#N.[C-]#N.[C-]#N.[C-]#N.[C-]#N.[C-]#N.[C-]#N.[C-]#N.[C-]#N.[C-]#N.[C-]#N.[C-]#N.[C-]#N.[C-]#N.[C-]#N.[C-]#N.[C-]#N.[C-]#N.[C-]#N.[C-]#N.[C-]#N.[C-]#N.[C-]#N.[C-]#N.[C-]#N.[C-]#N.[C-]#N.[C-]#N.[C-]#N.[C-]#N. The van der Waals surface area contributed by atoms with E-state index in [9.17, 15) is 0 Å². The van der Waals surface area contributed by atoms with Gasteiger partial charge in [-0.1, -0.05) is 0 Å². The van der Waals surface area contributed by atoms with E-state index < -0.39 is 0 Å². The van der Waals surface area contributed by atoms with Crippen LogP contribution in [-0.4, -0.2) is 0 Å². The Bertz CT molecular complexity index is 1130. The summed E-state index contributed by atoms with van der Waals surface area (Å²) >= 11 is 0. The van der Waals surface area contributed by atoms with Crippen LogP contribution in [0.1, 0.15) is 0 Å². The Morgan fingerprint density at radius 2 is 0.0385 bits per heavy atom. The van der Waals surface area contributed by atoms with Crippen LogP contribution in [0.3, 0.4) is 0 Å². The van der Waals surface area contributed by atoms with Crippen LogP contribution in [-0.2, 0) is 269 Å². The van der Waals surface area contributed by atoms with Crippen molar-refractivity contribution in [1.29, 1.82) is 242 Å². The van der Waals surface area contributed by atoms with E-state index in [2.05, 4.69) is 0 Å². The van der Waals surface area contributed by atoms with Crippen molar-refractivity contribution < 1.29 is 269 Å². The van der Waals surface area contributed by atoms with Crippen LogP contribution in [0.4, 0.5) is 0 Å². The van der Waals surface area contributed by atoms with Gasteiger partial charge in [-0.25, -0.2) is 0 Å². The molecule has 58 heteroatoms. The van der Waals surface area contributed by atoms with Gasteiger partial charge in [0.25, 0.3) is 0 Å². The van der Waals surface area contributed by atoms with Crippen LogP contribution < -0.4 is 0 Å². The van der Waals surface area contributed by atoms with Crippen molar-refractivity contribution in [3.8, 4) is 0 Å². The molecule has 0 aliphatic rings. The third-order valence-electron chi connectivity index (χ3n) is 0. The van der Waals surface area contributed by atoms with Crippen molar-refractivity contribution in [2.24, 2.45) is 0 Å². The summed E-state index contributed by atoms with van der Waals surface area (Å²) in [4.78, 5) is 0. The molecule has 0 N–H and O–H groups in total. The molecule has 0 rings (SSSR count). The molecule has 0 fully saturated rings.